The predicted octanol–water partition coefficient (Wildman–Crippen LogP) is 3.06. The van der Waals surface area contributed by atoms with Crippen molar-refractivity contribution in [3.05, 3.63) is 11.6 Å². The monoisotopic (exact) mass is 329 g/mol. The van der Waals surface area contributed by atoms with Crippen LogP contribution in [0, 0.1) is 0 Å². The van der Waals surface area contributed by atoms with Crippen LogP contribution in [0.4, 0.5) is 4.79 Å². The van der Waals surface area contributed by atoms with Gasteiger partial charge in [0.1, 0.15) is 5.60 Å². The van der Waals surface area contributed by atoms with Crippen LogP contribution < -0.4 is 5.32 Å². The molecule has 0 saturated carbocycles. The van der Waals surface area contributed by atoms with Crippen LogP contribution in [0.5, 0.6) is 0 Å². The van der Waals surface area contributed by atoms with Crippen molar-refractivity contribution in [2.24, 2.45) is 0 Å². The zero-order valence-corrected chi connectivity index (χ0v) is 16.2. The first-order chi connectivity index (χ1) is 9.77. The first kappa shape index (κ1) is 21.1. The van der Waals surface area contributed by atoms with Gasteiger partial charge in [-0.15, -0.1) is 0 Å². The minimum atomic E-state index is -0.566. The first-order valence-corrected chi connectivity index (χ1v) is 8.40. The van der Waals surface area contributed by atoms with Crippen molar-refractivity contribution >= 4 is 15.9 Å². The lowest BCUT2D eigenvalue weighted by atomic mass is 9.98. The van der Waals surface area contributed by atoms with Gasteiger partial charge in [0, 0.05) is 6.54 Å². The fourth-order valence-electron chi connectivity index (χ4n) is 1.47. The van der Waals surface area contributed by atoms with Crippen LogP contribution in [0.15, 0.2) is 11.6 Å². The van der Waals surface area contributed by atoms with E-state index >= 15 is 0 Å². The van der Waals surface area contributed by atoms with E-state index in [-0.39, 0.29) is 18.2 Å². The lowest BCUT2D eigenvalue weighted by Crippen LogP contribution is -2.39. The van der Waals surface area contributed by atoms with Crippen LogP contribution in [0.3, 0.4) is 0 Å². The maximum atomic E-state index is 11.7. The number of amides is 1. The Morgan fingerprint density at radius 1 is 1.14 bits per heavy atom. The van der Waals surface area contributed by atoms with Crippen molar-refractivity contribution in [1.29, 1.82) is 0 Å². The lowest BCUT2D eigenvalue weighted by Gasteiger charge is -2.32. The van der Waals surface area contributed by atoms with Crippen LogP contribution >= 0.6 is 0 Å². The van der Waals surface area contributed by atoms with Crippen LogP contribution in [-0.2, 0) is 9.16 Å². The summed E-state index contributed by atoms with van der Waals surface area (Å²) in [4.78, 5) is 11.7. The second-order valence-electron chi connectivity index (χ2n) is 7.73. The van der Waals surface area contributed by atoms with Crippen molar-refractivity contribution in [3.63, 3.8) is 0 Å². The molecule has 0 aromatic rings. The lowest BCUT2D eigenvalue weighted by molar-refractivity contribution is 0.0526. The second kappa shape index (κ2) is 8.13. The van der Waals surface area contributed by atoms with Crippen molar-refractivity contribution in [2.45, 2.75) is 71.6 Å². The highest BCUT2D eigenvalue weighted by molar-refractivity contribution is 6.31. The number of alkyl carbamates (subject to hydrolysis) is 1. The molecule has 0 aliphatic heterocycles. The Balaban J connectivity index is 4.72. The van der Waals surface area contributed by atoms with Crippen LogP contribution in [0.2, 0.25) is 5.04 Å². The molecule has 0 spiro atoms. The van der Waals surface area contributed by atoms with Crippen LogP contribution in [0.1, 0.15) is 55.4 Å². The molecule has 2 N–H and O–H groups in total. The fraction of sp³-hybridized carbons (Fsp3) is 0.812. The molecule has 128 valence electrons. The minimum absolute atomic E-state index is 0.0696. The molecule has 0 aliphatic carbocycles. The molecule has 5 nitrogen and oxygen atoms in total. The Morgan fingerprint density at radius 3 is 2.09 bits per heavy atom. The maximum Gasteiger partial charge on any atom is 0.407 e. The highest BCUT2D eigenvalue weighted by Gasteiger charge is 2.28. The minimum Gasteiger partial charge on any atom is -0.444 e. The highest BCUT2D eigenvalue weighted by Crippen LogP contribution is 2.27. The molecule has 6 heteroatoms. The highest BCUT2D eigenvalue weighted by atomic mass is 28.2. The van der Waals surface area contributed by atoms with Gasteiger partial charge < -0.3 is 19.6 Å². The number of nitrogens with one attached hydrogen (secondary N) is 1. The Morgan fingerprint density at radius 2 is 1.68 bits per heavy atom. The molecular formula is C16H31NO4Si. The number of aliphatic hydroxyl groups is 1. The molecule has 0 aromatic heterocycles. The normalized spacial score (nSPS) is 14.0. The zero-order chi connectivity index (χ0) is 17.6. The first-order valence-electron chi connectivity index (χ1n) is 7.49. The van der Waals surface area contributed by atoms with Crippen LogP contribution in [0.25, 0.3) is 0 Å². The molecule has 0 rings (SSSR count). The average Bonchev–Trinajstić information content (AvgIpc) is 2.29. The van der Waals surface area contributed by atoms with E-state index in [9.17, 15) is 9.90 Å². The molecule has 2 radical (unpaired) electrons. The Hall–Kier alpha value is -0.853. The van der Waals surface area contributed by atoms with E-state index in [1.165, 1.54) is 0 Å². The summed E-state index contributed by atoms with van der Waals surface area (Å²) in [6.45, 7) is 15.8. The average molecular weight is 330 g/mol. The van der Waals surface area contributed by atoms with E-state index in [0.717, 1.165) is 5.57 Å². The van der Waals surface area contributed by atoms with Crippen molar-refractivity contribution in [2.75, 3.05) is 13.2 Å². The van der Waals surface area contributed by atoms with Gasteiger partial charge in [0.25, 0.3) is 0 Å². The van der Waals surface area contributed by atoms with Gasteiger partial charge in [-0.2, -0.15) is 0 Å². The smallest absolute Gasteiger partial charge is 0.407 e. The molecular weight excluding hydrogens is 298 g/mol. The third kappa shape index (κ3) is 9.97. The molecule has 0 fully saturated rings. The van der Waals surface area contributed by atoms with Gasteiger partial charge in [0.05, 0.1) is 12.2 Å². The van der Waals surface area contributed by atoms with Crippen molar-refractivity contribution in [1.82, 2.24) is 5.32 Å². The summed E-state index contributed by atoms with van der Waals surface area (Å²) in [5, 5.41) is 12.0. The number of aliphatic hydroxyl groups excluding tert-OH is 1. The molecule has 0 aliphatic rings. The molecule has 22 heavy (non-hydrogen) atoms. The van der Waals surface area contributed by atoms with E-state index in [4.69, 9.17) is 9.16 Å². The van der Waals surface area contributed by atoms with Gasteiger partial charge in [-0.25, -0.2) is 4.79 Å². The molecule has 0 bridgehead atoms. The summed E-state index contributed by atoms with van der Waals surface area (Å²) < 4.78 is 11.2. The largest absolute Gasteiger partial charge is 0.444 e. The predicted molar refractivity (Wildman–Crippen MR) is 90.0 cm³/mol. The van der Waals surface area contributed by atoms with E-state index in [2.05, 4.69) is 26.1 Å². The molecule has 0 saturated heterocycles. The number of carbonyl (C=O) groups is 1. The number of ether oxygens (including phenoxy) is 1. The van der Waals surface area contributed by atoms with Gasteiger partial charge in [-0.3, -0.25) is 0 Å². The summed E-state index contributed by atoms with van der Waals surface area (Å²) in [6.07, 6.45) is 1.19. The van der Waals surface area contributed by atoms with Crippen LogP contribution in [-0.4, -0.2) is 45.3 Å². The van der Waals surface area contributed by atoms with Crippen molar-refractivity contribution < 1.29 is 19.1 Å². The topological polar surface area (TPSA) is 67.8 Å². The number of rotatable bonds is 6. The van der Waals surface area contributed by atoms with Gasteiger partial charge in [-0.1, -0.05) is 26.8 Å². The number of carbonyl (C=O) groups excluding carboxylic acids is 1. The second-order valence-corrected chi connectivity index (χ2v) is 9.64. The molecule has 0 unspecified atom stereocenters. The number of hydrogen-bond acceptors (Lipinski definition) is 4. The van der Waals surface area contributed by atoms with E-state index in [1.807, 2.05) is 34.6 Å². The summed E-state index contributed by atoms with van der Waals surface area (Å²) in [5.41, 5.74) is -0.286. The quantitative estimate of drug-likeness (QED) is 0.580. The molecule has 0 aromatic carbocycles. The van der Waals surface area contributed by atoms with E-state index < -0.39 is 17.3 Å². The Kier molecular flexibility index (Phi) is 7.81. The summed E-state index contributed by atoms with van der Waals surface area (Å²) in [5.74, 6) is 0. The van der Waals surface area contributed by atoms with Gasteiger partial charge in [0.15, 0.2) is 0 Å². The van der Waals surface area contributed by atoms with Gasteiger partial charge in [0.2, 0.25) is 9.76 Å². The SMILES string of the molecule is CC(C)(C)OC(=O)NC/C(=C\CO)C(C)(C)O[Si]C(C)(C)C. The van der Waals surface area contributed by atoms with Gasteiger partial charge in [-0.05, 0) is 45.2 Å². The fourth-order valence-corrected chi connectivity index (χ4v) is 2.16. The molecule has 0 atom stereocenters. The zero-order valence-electron chi connectivity index (χ0n) is 15.2. The van der Waals surface area contributed by atoms with E-state index in [1.54, 1.807) is 6.08 Å². The standard InChI is InChI=1S/C16H31NO4Si/c1-14(2,3)20-13(19)17-11-12(9-10-18)16(7,8)21-22-15(4,5)6/h9,18H,10-11H2,1-8H3,(H,17,19)/b12-9+. The third-order valence-corrected chi connectivity index (χ3v) is 3.77. The van der Waals surface area contributed by atoms with Gasteiger partial charge >= 0.3 is 6.09 Å². The summed E-state index contributed by atoms with van der Waals surface area (Å²) in [7, 11) is 0.314. The maximum absolute atomic E-state index is 11.7. The van der Waals surface area contributed by atoms with E-state index in [0.29, 0.717) is 9.76 Å². The summed E-state index contributed by atoms with van der Waals surface area (Å²) in [6, 6.07) is 0. The molecule has 1 amide bonds. The summed E-state index contributed by atoms with van der Waals surface area (Å²) >= 11 is 0. The Labute approximate surface area is 137 Å². The molecule has 0 heterocycles. The van der Waals surface area contributed by atoms with Crippen molar-refractivity contribution in [3.8, 4) is 0 Å². The number of hydrogen-bond donors (Lipinski definition) is 2. The third-order valence-electron chi connectivity index (χ3n) is 2.55. The Bertz CT molecular complexity index is 392.